The molecule has 0 atom stereocenters. The molecule has 1 saturated heterocycles. The van der Waals surface area contributed by atoms with Gasteiger partial charge in [0.25, 0.3) is 5.91 Å². The molecule has 4 rings (SSSR count). The van der Waals surface area contributed by atoms with Crippen LogP contribution >= 0.6 is 0 Å². The number of anilines is 3. The van der Waals surface area contributed by atoms with E-state index in [1.54, 1.807) is 6.07 Å². The van der Waals surface area contributed by atoms with E-state index >= 15 is 0 Å². The van der Waals surface area contributed by atoms with Crippen molar-refractivity contribution in [3.8, 4) is 0 Å². The summed E-state index contributed by atoms with van der Waals surface area (Å²) < 4.78 is 0. The molecule has 3 aromatic rings. The largest absolute Gasteiger partial charge is 0.370 e. The second kappa shape index (κ2) is 10.2. The molecule has 0 saturated carbocycles. The summed E-state index contributed by atoms with van der Waals surface area (Å²) in [5.41, 5.74) is 6.14. The lowest BCUT2D eigenvalue weighted by atomic mass is 10.1. The van der Waals surface area contributed by atoms with E-state index in [0.29, 0.717) is 23.5 Å². The molecule has 0 spiro atoms. The van der Waals surface area contributed by atoms with Crippen molar-refractivity contribution in [3.63, 3.8) is 0 Å². The third kappa shape index (κ3) is 5.92. The Labute approximate surface area is 195 Å². The second-order valence-corrected chi connectivity index (χ2v) is 8.54. The average Bonchev–Trinajstić information content (AvgIpc) is 3.35. The quantitative estimate of drug-likeness (QED) is 0.473. The smallest absolute Gasteiger partial charge is 0.323 e. The summed E-state index contributed by atoms with van der Waals surface area (Å²) in [6.45, 7) is 6.36. The predicted molar refractivity (Wildman–Crippen MR) is 134 cm³/mol. The highest BCUT2D eigenvalue weighted by Gasteiger charge is 2.19. The van der Waals surface area contributed by atoms with Crippen LogP contribution in [0.3, 0.4) is 0 Å². The molecule has 1 fully saturated rings. The average molecular weight is 443 g/mol. The maximum Gasteiger partial charge on any atom is 0.323 e. The fourth-order valence-electron chi connectivity index (χ4n) is 3.92. The van der Waals surface area contributed by atoms with Gasteiger partial charge in [0.1, 0.15) is 0 Å². The number of hydrogen-bond acceptors (Lipinski definition) is 3. The molecule has 6 heteroatoms. The lowest BCUT2D eigenvalue weighted by Crippen LogP contribution is -2.26. The predicted octanol–water partition coefficient (Wildman–Crippen LogP) is 5.48. The number of amides is 3. The normalized spacial score (nSPS) is 13.0. The van der Waals surface area contributed by atoms with Crippen LogP contribution in [0.1, 0.15) is 39.9 Å². The number of nitrogens with one attached hydrogen (secondary N) is 3. The van der Waals surface area contributed by atoms with Crippen LogP contribution in [0.25, 0.3) is 0 Å². The van der Waals surface area contributed by atoms with E-state index in [0.717, 1.165) is 42.7 Å². The first-order valence-corrected chi connectivity index (χ1v) is 11.4. The monoisotopic (exact) mass is 442 g/mol. The SMILES string of the molecule is Cc1ccc(CNC(=O)c2ccc(N3CCCC3)c(NC(=O)Nc3ccc(C)cc3)c2)cc1. The fraction of sp³-hybridized carbons (Fsp3) is 0.259. The van der Waals surface area contributed by atoms with Gasteiger partial charge < -0.3 is 20.9 Å². The van der Waals surface area contributed by atoms with E-state index in [2.05, 4.69) is 20.9 Å². The van der Waals surface area contributed by atoms with Crippen LogP contribution in [0.4, 0.5) is 21.9 Å². The summed E-state index contributed by atoms with van der Waals surface area (Å²) in [5.74, 6) is -0.175. The van der Waals surface area contributed by atoms with E-state index in [1.165, 1.54) is 5.56 Å². The molecule has 0 bridgehead atoms. The van der Waals surface area contributed by atoms with Gasteiger partial charge in [0.15, 0.2) is 0 Å². The molecule has 3 aromatic carbocycles. The highest BCUT2D eigenvalue weighted by atomic mass is 16.2. The van der Waals surface area contributed by atoms with Gasteiger partial charge >= 0.3 is 6.03 Å². The van der Waals surface area contributed by atoms with Crippen molar-refractivity contribution < 1.29 is 9.59 Å². The van der Waals surface area contributed by atoms with Crippen LogP contribution < -0.4 is 20.9 Å². The summed E-state index contributed by atoms with van der Waals surface area (Å²) >= 11 is 0. The fourth-order valence-corrected chi connectivity index (χ4v) is 3.92. The molecular formula is C27H30N4O2. The first-order valence-electron chi connectivity index (χ1n) is 11.4. The molecule has 0 aromatic heterocycles. The standard InChI is InChI=1S/C27H30N4O2/c1-19-5-9-21(10-6-19)18-28-26(32)22-11-14-25(31-15-3-4-16-31)24(17-22)30-27(33)29-23-12-7-20(2)8-13-23/h5-14,17H,3-4,15-16,18H2,1-2H3,(H,28,32)(H2,29,30,33). The zero-order valence-corrected chi connectivity index (χ0v) is 19.2. The first kappa shape index (κ1) is 22.4. The minimum Gasteiger partial charge on any atom is -0.370 e. The topological polar surface area (TPSA) is 73.5 Å². The molecule has 6 nitrogen and oxygen atoms in total. The van der Waals surface area contributed by atoms with Gasteiger partial charge in [-0.1, -0.05) is 47.5 Å². The molecule has 0 unspecified atom stereocenters. The molecule has 33 heavy (non-hydrogen) atoms. The van der Waals surface area contributed by atoms with Crippen molar-refractivity contribution in [3.05, 3.63) is 89.0 Å². The van der Waals surface area contributed by atoms with Crippen molar-refractivity contribution in [2.45, 2.75) is 33.2 Å². The van der Waals surface area contributed by atoms with Crippen molar-refractivity contribution in [1.29, 1.82) is 0 Å². The van der Waals surface area contributed by atoms with E-state index in [-0.39, 0.29) is 11.9 Å². The number of carbonyl (C=O) groups excluding carboxylic acids is 2. The summed E-state index contributed by atoms with van der Waals surface area (Å²) in [6.07, 6.45) is 2.24. The molecular weight excluding hydrogens is 412 g/mol. The van der Waals surface area contributed by atoms with Crippen LogP contribution in [0.5, 0.6) is 0 Å². The molecule has 1 heterocycles. The van der Waals surface area contributed by atoms with Gasteiger partial charge in [0.2, 0.25) is 0 Å². The van der Waals surface area contributed by atoms with Gasteiger partial charge in [-0.15, -0.1) is 0 Å². The molecule has 1 aliphatic heterocycles. The number of benzene rings is 3. The number of urea groups is 1. The maximum atomic E-state index is 12.8. The maximum absolute atomic E-state index is 12.8. The van der Waals surface area contributed by atoms with Crippen molar-refractivity contribution in [2.24, 2.45) is 0 Å². The van der Waals surface area contributed by atoms with Crippen molar-refractivity contribution in [1.82, 2.24) is 5.32 Å². The van der Waals surface area contributed by atoms with E-state index < -0.39 is 0 Å². The van der Waals surface area contributed by atoms with Gasteiger partial charge in [-0.3, -0.25) is 4.79 Å². The molecule has 1 aliphatic rings. The van der Waals surface area contributed by atoms with Crippen molar-refractivity contribution in [2.75, 3.05) is 28.6 Å². The molecule has 0 aliphatic carbocycles. The van der Waals surface area contributed by atoms with Gasteiger partial charge in [0.05, 0.1) is 11.4 Å². The van der Waals surface area contributed by atoms with Crippen LogP contribution in [-0.2, 0) is 6.54 Å². The summed E-state index contributed by atoms with van der Waals surface area (Å²) in [7, 11) is 0. The lowest BCUT2D eigenvalue weighted by molar-refractivity contribution is 0.0951. The molecule has 3 amide bonds. The zero-order chi connectivity index (χ0) is 23.2. The molecule has 3 N–H and O–H groups in total. The number of nitrogens with zero attached hydrogens (tertiary/aromatic N) is 1. The highest BCUT2D eigenvalue weighted by Crippen LogP contribution is 2.30. The Morgan fingerprint density at radius 1 is 0.818 bits per heavy atom. The number of carbonyl (C=O) groups is 2. The lowest BCUT2D eigenvalue weighted by Gasteiger charge is -2.22. The van der Waals surface area contributed by atoms with Crippen molar-refractivity contribution >= 4 is 29.0 Å². The van der Waals surface area contributed by atoms with Crippen LogP contribution in [-0.4, -0.2) is 25.0 Å². The molecule has 0 radical (unpaired) electrons. The number of aryl methyl sites for hydroxylation is 2. The van der Waals surface area contributed by atoms with Gasteiger partial charge in [-0.2, -0.15) is 0 Å². The number of hydrogen-bond donors (Lipinski definition) is 3. The second-order valence-electron chi connectivity index (χ2n) is 8.54. The van der Waals surface area contributed by atoms with Gasteiger partial charge in [0, 0.05) is 30.9 Å². The summed E-state index contributed by atoms with van der Waals surface area (Å²) in [5, 5.41) is 8.79. The minimum absolute atomic E-state index is 0.175. The Bertz CT molecular complexity index is 1120. The van der Waals surface area contributed by atoms with E-state index in [4.69, 9.17) is 0 Å². The van der Waals surface area contributed by atoms with Gasteiger partial charge in [-0.25, -0.2) is 4.79 Å². The third-order valence-corrected chi connectivity index (χ3v) is 5.84. The summed E-state index contributed by atoms with van der Waals surface area (Å²) in [6, 6.07) is 20.9. The minimum atomic E-state index is -0.337. The number of rotatable bonds is 6. The third-order valence-electron chi connectivity index (χ3n) is 5.84. The Balaban J connectivity index is 1.49. The van der Waals surface area contributed by atoms with Gasteiger partial charge in [-0.05, 0) is 62.6 Å². The van der Waals surface area contributed by atoms with E-state index in [9.17, 15) is 9.59 Å². The van der Waals surface area contributed by atoms with Crippen LogP contribution in [0, 0.1) is 13.8 Å². The van der Waals surface area contributed by atoms with Crippen LogP contribution in [0.2, 0.25) is 0 Å². The molecule has 170 valence electrons. The van der Waals surface area contributed by atoms with E-state index in [1.807, 2.05) is 74.5 Å². The Morgan fingerprint density at radius 2 is 1.45 bits per heavy atom. The Morgan fingerprint density at radius 3 is 2.12 bits per heavy atom. The first-order chi connectivity index (χ1) is 16.0. The van der Waals surface area contributed by atoms with Crippen LogP contribution in [0.15, 0.2) is 66.7 Å². The Hall–Kier alpha value is -3.80. The Kier molecular flexibility index (Phi) is 6.93. The highest BCUT2D eigenvalue weighted by molar-refractivity contribution is 6.04. The summed E-state index contributed by atoms with van der Waals surface area (Å²) in [4.78, 5) is 27.8. The zero-order valence-electron chi connectivity index (χ0n) is 19.2.